The normalized spacial score (nSPS) is 15.3. The lowest BCUT2D eigenvalue weighted by atomic mass is 10.2. The van der Waals surface area contributed by atoms with E-state index in [-0.39, 0.29) is 11.7 Å². The number of carbonyl (C=O) groups excluding carboxylic acids is 1. The largest absolute Gasteiger partial charge is 0.508 e. The van der Waals surface area contributed by atoms with Gasteiger partial charge in [0.1, 0.15) is 5.75 Å². The van der Waals surface area contributed by atoms with Crippen LogP contribution in [-0.2, 0) is 11.8 Å². The Morgan fingerprint density at radius 2 is 1.79 bits per heavy atom. The van der Waals surface area contributed by atoms with Crippen LogP contribution in [0.1, 0.15) is 25.7 Å². The van der Waals surface area contributed by atoms with Crippen molar-refractivity contribution in [3.8, 4) is 17.1 Å². The minimum Gasteiger partial charge on any atom is -0.508 e. The number of aromatic hydroxyl groups is 1. The maximum Gasteiger partial charge on any atom is 0.233 e. The summed E-state index contributed by atoms with van der Waals surface area (Å²) in [6.07, 6.45) is 4.64. The van der Waals surface area contributed by atoms with E-state index in [2.05, 4.69) is 10.2 Å². The van der Waals surface area contributed by atoms with E-state index in [4.69, 9.17) is 0 Å². The van der Waals surface area contributed by atoms with Crippen LogP contribution in [0.4, 0.5) is 0 Å². The molecule has 0 bridgehead atoms. The Hall–Kier alpha value is -2.02. The molecule has 1 amide bonds. The van der Waals surface area contributed by atoms with E-state index in [0.29, 0.717) is 5.75 Å². The Bertz CT molecular complexity index is 691. The van der Waals surface area contributed by atoms with Crippen molar-refractivity contribution in [2.24, 2.45) is 7.05 Å². The molecular weight excluding hydrogens is 324 g/mol. The van der Waals surface area contributed by atoms with Gasteiger partial charge in [-0.1, -0.05) is 24.6 Å². The van der Waals surface area contributed by atoms with Gasteiger partial charge in [0, 0.05) is 25.7 Å². The zero-order valence-electron chi connectivity index (χ0n) is 13.8. The molecule has 1 aliphatic rings. The van der Waals surface area contributed by atoms with E-state index < -0.39 is 0 Å². The van der Waals surface area contributed by atoms with Crippen LogP contribution in [0.15, 0.2) is 29.4 Å². The zero-order valence-corrected chi connectivity index (χ0v) is 14.6. The molecule has 0 saturated carbocycles. The molecule has 2 heterocycles. The van der Waals surface area contributed by atoms with Crippen molar-refractivity contribution in [3.05, 3.63) is 24.3 Å². The van der Waals surface area contributed by atoms with Crippen molar-refractivity contribution in [1.29, 1.82) is 0 Å². The molecule has 1 N–H and O–H groups in total. The van der Waals surface area contributed by atoms with Crippen LogP contribution in [0.2, 0.25) is 0 Å². The quantitative estimate of drug-likeness (QED) is 0.862. The second-order valence-electron chi connectivity index (χ2n) is 6.00. The predicted octanol–water partition coefficient (Wildman–Crippen LogP) is 2.68. The van der Waals surface area contributed by atoms with E-state index in [1.165, 1.54) is 24.6 Å². The van der Waals surface area contributed by atoms with Gasteiger partial charge < -0.3 is 14.6 Å². The van der Waals surface area contributed by atoms with Crippen molar-refractivity contribution >= 4 is 17.7 Å². The first-order valence-corrected chi connectivity index (χ1v) is 9.23. The summed E-state index contributed by atoms with van der Waals surface area (Å²) >= 11 is 1.42. The highest BCUT2D eigenvalue weighted by Gasteiger charge is 2.18. The summed E-state index contributed by atoms with van der Waals surface area (Å²) in [5.41, 5.74) is 0.883. The summed E-state index contributed by atoms with van der Waals surface area (Å²) < 4.78 is 1.88. The molecule has 0 atom stereocenters. The molecule has 7 heteroatoms. The fourth-order valence-corrected chi connectivity index (χ4v) is 3.65. The molecule has 0 spiro atoms. The van der Waals surface area contributed by atoms with Gasteiger partial charge in [-0.2, -0.15) is 0 Å². The highest BCUT2D eigenvalue weighted by atomic mass is 32.2. The second kappa shape index (κ2) is 7.70. The van der Waals surface area contributed by atoms with Crippen molar-refractivity contribution < 1.29 is 9.90 Å². The molecule has 0 aliphatic carbocycles. The minimum absolute atomic E-state index is 0.177. The van der Waals surface area contributed by atoms with Crippen LogP contribution >= 0.6 is 11.8 Å². The summed E-state index contributed by atoms with van der Waals surface area (Å²) in [6.45, 7) is 1.74. The lowest BCUT2D eigenvalue weighted by molar-refractivity contribution is -0.128. The van der Waals surface area contributed by atoms with Crippen LogP contribution in [0.3, 0.4) is 0 Å². The molecule has 1 aliphatic heterocycles. The number of rotatable bonds is 4. The number of aromatic nitrogens is 3. The van der Waals surface area contributed by atoms with E-state index in [9.17, 15) is 9.90 Å². The molecule has 6 nitrogen and oxygen atoms in total. The number of likely N-dealkylation sites (tertiary alicyclic amines) is 1. The SMILES string of the molecule is Cn1c(SCC(=O)N2CCCCCC2)nnc1-c1ccc(O)cc1. The summed E-state index contributed by atoms with van der Waals surface area (Å²) in [7, 11) is 1.89. The maximum atomic E-state index is 12.4. The summed E-state index contributed by atoms with van der Waals surface area (Å²) in [6, 6.07) is 6.85. The van der Waals surface area contributed by atoms with Gasteiger partial charge in [0.05, 0.1) is 5.75 Å². The standard InChI is InChI=1S/C17H22N4O2S/c1-20-16(13-6-8-14(22)9-7-13)18-19-17(20)24-12-15(23)21-10-4-2-3-5-11-21/h6-9,22H,2-5,10-12H2,1H3. The number of nitrogens with zero attached hydrogens (tertiary/aromatic N) is 4. The summed E-state index contributed by atoms with van der Waals surface area (Å²) in [5, 5.41) is 18.5. The Balaban J connectivity index is 1.63. The van der Waals surface area contributed by atoms with Gasteiger partial charge in [0.25, 0.3) is 0 Å². The fraction of sp³-hybridized carbons (Fsp3) is 0.471. The van der Waals surface area contributed by atoms with Crippen molar-refractivity contribution in [2.45, 2.75) is 30.8 Å². The van der Waals surface area contributed by atoms with Crippen LogP contribution in [0.5, 0.6) is 5.75 Å². The highest BCUT2D eigenvalue weighted by molar-refractivity contribution is 7.99. The van der Waals surface area contributed by atoms with Crippen molar-refractivity contribution in [3.63, 3.8) is 0 Å². The predicted molar refractivity (Wildman–Crippen MR) is 93.9 cm³/mol. The lowest BCUT2D eigenvalue weighted by Crippen LogP contribution is -2.33. The van der Waals surface area contributed by atoms with E-state index in [1.807, 2.05) is 16.5 Å². The number of hydrogen-bond acceptors (Lipinski definition) is 5. The van der Waals surface area contributed by atoms with E-state index in [0.717, 1.165) is 42.5 Å². The lowest BCUT2D eigenvalue weighted by Gasteiger charge is -2.19. The molecule has 0 unspecified atom stereocenters. The van der Waals surface area contributed by atoms with Crippen molar-refractivity contribution in [1.82, 2.24) is 19.7 Å². The third kappa shape index (κ3) is 3.90. The average molecular weight is 346 g/mol. The molecule has 24 heavy (non-hydrogen) atoms. The smallest absolute Gasteiger partial charge is 0.233 e. The molecule has 0 radical (unpaired) electrons. The van der Waals surface area contributed by atoms with Crippen LogP contribution in [0.25, 0.3) is 11.4 Å². The first kappa shape index (κ1) is 16.8. The van der Waals surface area contributed by atoms with Crippen LogP contribution in [0, 0.1) is 0 Å². The van der Waals surface area contributed by atoms with Crippen molar-refractivity contribution in [2.75, 3.05) is 18.8 Å². The minimum atomic E-state index is 0.177. The van der Waals surface area contributed by atoms with Gasteiger partial charge in [-0.3, -0.25) is 4.79 Å². The first-order chi connectivity index (χ1) is 11.6. The Labute approximate surface area is 145 Å². The zero-order chi connectivity index (χ0) is 16.9. The topological polar surface area (TPSA) is 71.2 Å². The number of phenols is 1. The number of hydrogen-bond donors (Lipinski definition) is 1. The van der Waals surface area contributed by atoms with Crippen LogP contribution in [-0.4, -0.2) is 49.5 Å². The van der Waals surface area contributed by atoms with Gasteiger partial charge in [-0.15, -0.1) is 10.2 Å². The van der Waals surface area contributed by atoms with Gasteiger partial charge in [-0.05, 0) is 37.1 Å². The molecule has 1 aromatic carbocycles. The number of thioether (sulfide) groups is 1. The summed E-state index contributed by atoms with van der Waals surface area (Å²) in [5.74, 6) is 1.51. The number of benzene rings is 1. The highest BCUT2D eigenvalue weighted by Crippen LogP contribution is 2.24. The number of phenolic OH excluding ortho intramolecular Hbond substituents is 1. The molecule has 2 aromatic rings. The van der Waals surface area contributed by atoms with Gasteiger partial charge in [-0.25, -0.2) is 0 Å². The fourth-order valence-electron chi connectivity index (χ4n) is 2.84. The number of amides is 1. The monoisotopic (exact) mass is 346 g/mol. The van der Waals surface area contributed by atoms with Gasteiger partial charge >= 0.3 is 0 Å². The third-order valence-corrected chi connectivity index (χ3v) is 5.25. The second-order valence-corrected chi connectivity index (χ2v) is 6.94. The van der Waals surface area contributed by atoms with Gasteiger partial charge in [0.15, 0.2) is 11.0 Å². The molecule has 1 saturated heterocycles. The van der Waals surface area contributed by atoms with E-state index >= 15 is 0 Å². The molecular formula is C17H22N4O2S. The maximum absolute atomic E-state index is 12.4. The van der Waals surface area contributed by atoms with Crippen LogP contribution < -0.4 is 0 Å². The molecule has 1 aromatic heterocycles. The molecule has 1 fully saturated rings. The molecule has 128 valence electrons. The third-order valence-electron chi connectivity index (χ3n) is 4.24. The Kier molecular flexibility index (Phi) is 5.40. The van der Waals surface area contributed by atoms with E-state index in [1.54, 1.807) is 24.3 Å². The van der Waals surface area contributed by atoms with Gasteiger partial charge in [0.2, 0.25) is 5.91 Å². The first-order valence-electron chi connectivity index (χ1n) is 8.24. The Morgan fingerprint density at radius 3 is 2.46 bits per heavy atom. The average Bonchev–Trinajstić information content (AvgIpc) is 2.79. The molecule has 3 rings (SSSR count). The summed E-state index contributed by atoms with van der Waals surface area (Å²) in [4.78, 5) is 14.3. The Morgan fingerprint density at radius 1 is 1.12 bits per heavy atom. The number of carbonyl (C=O) groups is 1.